The minimum atomic E-state index is -0.489. The standard InChI is InChI=1S/C20H20ClN3O2S/c1-12-7-4-5-9-15(12)23-20-24(3)19(26)17(27-20)11-18(25)22-16-10-6-8-14(21)13(16)2/h4-10,17H,11H2,1-3H3,(H,22,25)/t17-/m0/s1. The first kappa shape index (κ1) is 19.5. The highest BCUT2D eigenvalue weighted by Crippen LogP contribution is 2.32. The Morgan fingerprint density at radius 1 is 1.22 bits per heavy atom. The molecule has 2 amide bonds. The molecule has 0 spiro atoms. The van der Waals surface area contributed by atoms with Crippen LogP contribution < -0.4 is 5.32 Å². The van der Waals surface area contributed by atoms with Crippen molar-refractivity contribution < 1.29 is 9.59 Å². The molecule has 0 aromatic heterocycles. The lowest BCUT2D eigenvalue weighted by Gasteiger charge is -2.11. The highest BCUT2D eigenvalue weighted by molar-refractivity contribution is 8.15. The molecule has 0 aliphatic carbocycles. The van der Waals surface area contributed by atoms with Crippen molar-refractivity contribution >= 4 is 51.7 Å². The zero-order chi connectivity index (χ0) is 19.6. The summed E-state index contributed by atoms with van der Waals surface area (Å²) in [4.78, 5) is 31.1. The maximum absolute atomic E-state index is 12.5. The van der Waals surface area contributed by atoms with E-state index in [9.17, 15) is 9.59 Å². The van der Waals surface area contributed by atoms with Gasteiger partial charge in [0.1, 0.15) is 5.25 Å². The molecule has 7 heteroatoms. The summed E-state index contributed by atoms with van der Waals surface area (Å²) in [5, 5.41) is 3.54. The van der Waals surface area contributed by atoms with Crippen LogP contribution in [0.5, 0.6) is 0 Å². The van der Waals surface area contributed by atoms with Crippen molar-refractivity contribution in [3.05, 3.63) is 58.6 Å². The molecule has 1 atom stereocenters. The van der Waals surface area contributed by atoms with Crippen molar-refractivity contribution in [2.24, 2.45) is 4.99 Å². The fraction of sp³-hybridized carbons (Fsp3) is 0.250. The van der Waals surface area contributed by atoms with Gasteiger partial charge in [-0.05, 0) is 43.2 Å². The highest BCUT2D eigenvalue weighted by Gasteiger charge is 2.37. The molecule has 1 aliphatic heterocycles. The molecular weight excluding hydrogens is 382 g/mol. The molecule has 0 bridgehead atoms. The molecule has 1 fully saturated rings. The summed E-state index contributed by atoms with van der Waals surface area (Å²) in [5.74, 6) is -0.345. The van der Waals surface area contributed by atoms with Gasteiger partial charge in [-0.2, -0.15) is 0 Å². The monoisotopic (exact) mass is 401 g/mol. The van der Waals surface area contributed by atoms with E-state index in [1.165, 1.54) is 16.7 Å². The average molecular weight is 402 g/mol. The molecule has 5 nitrogen and oxygen atoms in total. The summed E-state index contributed by atoms with van der Waals surface area (Å²) in [6.45, 7) is 3.81. The van der Waals surface area contributed by atoms with Crippen molar-refractivity contribution in [1.29, 1.82) is 0 Å². The van der Waals surface area contributed by atoms with Crippen LogP contribution in [0.4, 0.5) is 11.4 Å². The van der Waals surface area contributed by atoms with Gasteiger partial charge in [0.05, 0.1) is 5.69 Å². The van der Waals surface area contributed by atoms with E-state index in [2.05, 4.69) is 10.3 Å². The van der Waals surface area contributed by atoms with E-state index < -0.39 is 5.25 Å². The van der Waals surface area contributed by atoms with E-state index in [1.807, 2.05) is 38.1 Å². The fourth-order valence-corrected chi connectivity index (χ4v) is 4.02. The number of aliphatic imine (C=N–C) groups is 1. The van der Waals surface area contributed by atoms with Crippen LogP contribution in [-0.2, 0) is 9.59 Å². The lowest BCUT2D eigenvalue weighted by molar-refractivity contribution is -0.127. The van der Waals surface area contributed by atoms with Crippen LogP contribution in [-0.4, -0.2) is 34.2 Å². The molecule has 3 rings (SSSR count). The molecule has 2 aromatic rings. The molecule has 140 valence electrons. The summed E-state index contributed by atoms with van der Waals surface area (Å²) < 4.78 is 0. The fourth-order valence-electron chi connectivity index (χ4n) is 2.70. The second-order valence-electron chi connectivity index (χ2n) is 6.35. The van der Waals surface area contributed by atoms with Crippen LogP contribution in [0.2, 0.25) is 5.02 Å². The van der Waals surface area contributed by atoms with Crippen molar-refractivity contribution in [3.63, 3.8) is 0 Å². The molecule has 1 saturated heterocycles. The van der Waals surface area contributed by atoms with E-state index in [0.717, 1.165) is 16.8 Å². The average Bonchev–Trinajstić information content (AvgIpc) is 2.89. The number of amidine groups is 1. The molecule has 1 N–H and O–H groups in total. The van der Waals surface area contributed by atoms with Gasteiger partial charge in [0, 0.05) is 24.2 Å². The lowest BCUT2D eigenvalue weighted by atomic mass is 10.2. The Morgan fingerprint density at radius 3 is 2.70 bits per heavy atom. The normalized spacial score (nSPS) is 18.2. The Morgan fingerprint density at radius 2 is 1.96 bits per heavy atom. The van der Waals surface area contributed by atoms with Crippen LogP contribution in [0, 0.1) is 13.8 Å². The van der Waals surface area contributed by atoms with Gasteiger partial charge in [-0.1, -0.05) is 47.6 Å². The minimum absolute atomic E-state index is 0.0760. The number of rotatable bonds is 4. The van der Waals surface area contributed by atoms with Crippen LogP contribution in [0.3, 0.4) is 0 Å². The Labute approximate surface area is 167 Å². The van der Waals surface area contributed by atoms with Crippen molar-refractivity contribution in [3.8, 4) is 0 Å². The first-order chi connectivity index (χ1) is 12.9. The van der Waals surface area contributed by atoms with Gasteiger partial charge in [-0.25, -0.2) is 4.99 Å². The summed E-state index contributed by atoms with van der Waals surface area (Å²) >= 11 is 7.40. The number of amides is 2. The van der Waals surface area contributed by atoms with Crippen molar-refractivity contribution in [2.45, 2.75) is 25.5 Å². The predicted molar refractivity (Wildman–Crippen MR) is 112 cm³/mol. The van der Waals surface area contributed by atoms with Gasteiger partial charge in [0.2, 0.25) is 11.8 Å². The molecular formula is C20H20ClN3O2S. The second-order valence-corrected chi connectivity index (χ2v) is 7.93. The number of para-hydroxylation sites is 1. The topological polar surface area (TPSA) is 61.8 Å². The highest BCUT2D eigenvalue weighted by atomic mass is 35.5. The van der Waals surface area contributed by atoms with E-state index in [0.29, 0.717) is 15.9 Å². The molecule has 1 heterocycles. The molecule has 1 aliphatic rings. The minimum Gasteiger partial charge on any atom is -0.326 e. The third-order valence-corrected chi connectivity index (χ3v) is 6.02. The Balaban J connectivity index is 1.71. The number of nitrogens with zero attached hydrogens (tertiary/aromatic N) is 2. The molecule has 2 aromatic carbocycles. The van der Waals surface area contributed by atoms with E-state index >= 15 is 0 Å². The van der Waals surface area contributed by atoms with Crippen LogP contribution in [0.1, 0.15) is 17.5 Å². The number of carbonyl (C=O) groups excluding carboxylic acids is 2. The van der Waals surface area contributed by atoms with Crippen LogP contribution in [0.25, 0.3) is 0 Å². The third-order valence-electron chi connectivity index (χ3n) is 4.38. The third kappa shape index (κ3) is 4.34. The zero-order valence-electron chi connectivity index (χ0n) is 15.3. The van der Waals surface area contributed by atoms with Gasteiger partial charge in [-0.3, -0.25) is 14.5 Å². The number of carbonyl (C=O) groups is 2. The van der Waals surface area contributed by atoms with Gasteiger partial charge in [-0.15, -0.1) is 0 Å². The zero-order valence-corrected chi connectivity index (χ0v) is 16.9. The van der Waals surface area contributed by atoms with Crippen LogP contribution in [0.15, 0.2) is 47.5 Å². The number of anilines is 1. The maximum atomic E-state index is 12.5. The first-order valence-electron chi connectivity index (χ1n) is 8.50. The van der Waals surface area contributed by atoms with Gasteiger partial charge in [0.15, 0.2) is 5.17 Å². The smallest absolute Gasteiger partial charge is 0.242 e. The van der Waals surface area contributed by atoms with E-state index in [-0.39, 0.29) is 18.2 Å². The molecule has 0 radical (unpaired) electrons. The molecule has 27 heavy (non-hydrogen) atoms. The number of hydrogen-bond donors (Lipinski definition) is 1. The second kappa shape index (κ2) is 8.15. The lowest BCUT2D eigenvalue weighted by Crippen LogP contribution is -2.30. The van der Waals surface area contributed by atoms with Gasteiger partial charge in [0.25, 0.3) is 0 Å². The Kier molecular flexibility index (Phi) is 5.87. The summed E-state index contributed by atoms with van der Waals surface area (Å²) in [7, 11) is 1.69. The molecule has 0 saturated carbocycles. The predicted octanol–water partition coefficient (Wildman–Crippen LogP) is 4.55. The quantitative estimate of drug-likeness (QED) is 0.817. The number of nitrogens with one attached hydrogen (secondary N) is 1. The van der Waals surface area contributed by atoms with Gasteiger partial charge < -0.3 is 5.32 Å². The Bertz CT molecular complexity index is 929. The summed E-state index contributed by atoms with van der Waals surface area (Å²) in [5.41, 5.74) is 3.31. The van der Waals surface area contributed by atoms with Crippen molar-refractivity contribution in [1.82, 2.24) is 4.90 Å². The van der Waals surface area contributed by atoms with Crippen molar-refractivity contribution in [2.75, 3.05) is 12.4 Å². The SMILES string of the molecule is Cc1ccccc1N=C1S[C@@H](CC(=O)Nc2cccc(Cl)c2C)C(=O)N1C. The van der Waals surface area contributed by atoms with E-state index in [1.54, 1.807) is 25.2 Å². The number of thioether (sulfide) groups is 1. The van der Waals surface area contributed by atoms with E-state index in [4.69, 9.17) is 11.6 Å². The summed E-state index contributed by atoms with van der Waals surface area (Å²) in [6.07, 6.45) is 0.0760. The largest absolute Gasteiger partial charge is 0.326 e. The van der Waals surface area contributed by atoms with Crippen LogP contribution >= 0.6 is 23.4 Å². The number of aryl methyl sites for hydroxylation is 1. The number of hydrogen-bond acceptors (Lipinski definition) is 4. The number of benzene rings is 2. The summed E-state index contributed by atoms with van der Waals surface area (Å²) in [6, 6.07) is 13.1. The van der Waals surface area contributed by atoms with Gasteiger partial charge >= 0.3 is 0 Å². The Hall–Kier alpha value is -2.31. The maximum Gasteiger partial charge on any atom is 0.242 e. The molecule has 0 unspecified atom stereocenters. The first-order valence-corrected chi connectivity index (χ1v) is 9.76. The number of halogens is 1.